The minimum Gasteiger partial charge on any atom is -0.332 e. The van der Waals surface area contributed by atoms with E-state index >= 15 is 0 Å². The zero-order valence-electron chi connectivity index (χ0n) is 20.2. The second kappa shape index (κ2) is 11.5. The first-order valence-electron chi connectivity index (χ1n) is 11.1. The van der Waals surface area contributed by atoms with Gasteiger partial charge in [0.2, 0.25) is 11.9 Å². The van der Waals surface area contributed by atoms with Gasteiger partial charge in [0.15, 0.2) is 10.9 Å². The minimum absolute atomic E-state index is 0.0388. The lowest BCUT2D eigenvalue weighted by Crippen LogP contribution is -2.20. The van der Waals surface area contributed by atoms with Gasteiger partial charge < -0.3 is 26.6 Å². The number of anilines is 7. The van der Waals surface area contributed by atoms with Gasteiger partial charge in [0.1, 0.15) is 17.5 Å². The van der Waals surface area contributed by atoms with Crippen LogP contribution in [0.25, 0.3) is 0 Å². The summed E-state index contributed by atoms with van der Waals surface area (Å²) in [6.45, 7) is 3.18. The number of aromatic amines is 1. The normalized spacial score (nSPS) is 11.0. The van der Waals surface area contributed by atoms with Gasteiger partial charge in [0.05, 0.1) is 22.5 Å². The molecule has 6 N–H and O–H groups in total. The molecule has 1 amide bonds. The number of benzene rings is 1. The van der Waals surface area contributed by atoms with Gasteiger partial charge in [-0.25, -0.2) is 9.97 Å². The molecule has 0 saturated heterocycles. The van der Waals surface area contributed by atoms with Crippen molar-refractivity contribution in [2.24, 2.45) is 0 Å². The summed E-state index contributed by atoms with van der Waals surface area (Å²) in [5, 5.41) is 20.5. The van der Waals surface area contributed by atoms with E-state index in [1.54, 1.807) is 31.2 Å². The molecule has 3 heterocycles. The van der Waals surface area contributed by atoms with Gasteiger partial charge in [-0.1, -0.05) is 11.6 Å². The van der Waals surface area contributed by atoms with Crippen LogP contribution in [0.1, 0.15) is 18.2 Å². The summed E-state index contributed by atoms with van der Waals surface area (Å²) in [5.41, 5.74) is 0.389. The molecule has 11 nitrogen and oxygen atoms in total. The number of amides is 1. The standard InChI is InChI=1S/C23H20ClF3N10OS/c1-11-7-18(33-20-9-19(36-37-20)30-12(2)38)34-21(29-11)31-14-4-6-17(28-10-14)35-22(39)32-13-3-5-16(24)15(8-13)23(25,26)27/h3-10H,1-2H3,(H2,28,32,35,39)(H4,29,30,31,33,34,36,37,38). The molecule has 0 aliphatic heterocycles. The number of nitrogens with one attached hydrogen (secondary N) is 6. The SMILES string of the molecule is CC(=O)Nc1cc(Nc2cc(C)nc(Nc3ccc(NC(=S)Nc4ccc(Cl)c(C(F)(F)F)c4)nc3)n2)[nH]n1. The number of nitrogens with zero attached hydrogens (tertiary/aromatic N) is 4. The van der Waals surface area contributed by atoms with Gasteiger partial charge in [-0.05, 0) is 49.5 Å². The van der Waals surface area contributed by atoms with Crippen LogP contribution in [0.2, 0.25) is 5.02 Å². The molecule has 16 heteroatoms. The highest BCUT2D eigenvalue weighted by atomic mass is 35.5. The van der Waals surface area contributed by atoms with E-state index in [-0.39, 0.29) is 16.7 Å². The maximum atomic E-state index is 13.1. The van der Waals surface area contributed by atoms with Gasteiger partial charge in [0.25, 0.3) is 0 Å². The molecule has 4 rings (SSSR count). The fourth-order valence-corrected chi connectivity index (χ4v) is 3.67. The van der Waals surface area contributed by atoms with Crippen molar-refractivity contribution in [3.8, 4) is 0 Å². The number of rotatable bonds is 7. The summed E-state index contributed by atoms with van der Waals surface area (Å²) in [7, 11) is 0. The lowest BCUT2D eigenvalue weighted by Gasteiger charge is -2.14. The first-order valence-corrected chi connectivity index (χ1v) is 11.9. The number of thiocarbonyl (C=S) groups is 1. The van der Waals surface area contributed by atoms with Crippen LogP contribution >= 0.6 is 23.8 Å². The van der Waals surface area contributed by atoms with Crippen LogP contribution in [-0.2, 0) is 11.0 Å². The van der Waals surface area contributed by atoms with Crippen molar-refractivity contribution in [2.45, 2.75) is 20.0 Å². The second-order valence-corrected chi connectivity index (χ2v) is 8.84. The molecule has 0 unspecified atom stereocenters. The smallest absolute Gasteiger partial charge is 0.332 e. The monoisotopic (exact) mass is 576 g/mol. The number of carbonyl (C=O) groups excluding carboxylic acids is 1. The number of aryl methyl sites for hydroxylation is 1. The number of aromatic nitrogens is 5. The molecule has 0 saturated carbocycles. The van der Waals surface area contributed by atoms with E-state index in [1.807, 2.05) is 0 Å². The van der Waals surface area contributed by atoms with Gasteiger partial charge in [0, 0.05) is 30.4 Å². The molecular formula is C23H20ClF3N10OS. The Labute approximate surface area is 230 Å². The van der Waals surface area contributed by atoms with E-state index < -0.39 is 16.8 Å². The first kappa shape index (κ1) is 27.5. The zero-order valence-corrected chi connectivity index (χ0v) is 21.8. The van der Waals surface area contributed by atoms with Gasteiger partial charge >= 0.3 is 6.18 Å². The molecule has 0 aliphatic rings. The lowest BCUT2D eigenvalue weighted by atomic mass is 10.2. The Morgan fingerprint density at radius 3 is 2.41 bits per heavy atom. The Hall–Kier alpha value is -4.50. The van der Waals surface area contributed by atoms with E-state index in [4.69, 9.17) is 23.8 Å². The third kappa shape index (κ3) is 7.75. The van der Waals surface area contributed by atoms with Gasteiger partial charge in [-0.15, -0.1) is 0 Å². The summed E-state index contributed by atoms with van der Waals surface area (Å²) in [4.78, 5) is 24.2. The highest BCUT2D eigenvalue weighted by molar-refractivity contribution is 7.80. The van der Waals surface area contributed by atoms with Gasteiger partial charge in [-0.2, -0.15) is 23.3 Å². The molecule has 0 bridgehead atoms. The number of hydrogen-bond acceptors (Lipinski definition) is 8. The molecule has 39 heavy (non-hydrogen) atoms. The first-order chi connectivity index (χ1) is 18.4. The van der Waals surface area contributed by atoms with E-state index in [0.29, 0.717) is 40.6 Å². The molecule has 0 radical (unpaired) electrons. The van der Waals surface area contributed by atoms with Crippen molar-refractivity contribution in [2.75, 3.05) is 26.6 Å². The zero-order chi connectivity index (χ0) is 28.2. The van der Waals surface area contributed by atoms with Crippen LogP contribution in [0.3, 0.4) is 0 Å². The fraction of sp³-hybridized carbons (Fsp3) is 0.130. The Morgan fingerprint density at radius 1 is 0.949 bits per heavy atom. The van der Waals surface area contributed by atoms with Crippen LogP contribution < -0.4 is 26.6 Å². The third-order valence-electron chi connectivity index (χ3n) is 4.79. The van der Waals surface area contributed by atoms with Crippen molar-refractivity contribution < 1.29 is 18.0 Å². The van der Waals surface area contributed by atoms with E-state index in [2.05, 4.69) is 51.7 Å². The fourth-order valence-electron chi connectivity index (χ4n) is 3.23. The lowest BCUT2D eigenvalue weighted by molar-refractivity contribution is -0.137. The predicted octanol–water partition coefficient (Wildman–Crippen LogP) is 5.83. The topological polar surface area (TPSA) is 145 Å². The van der Waals surface area contributed by atoms with Crippen molar-refractivity contribution in [1.82, 2.24) is 25.1 Å². The highest BCUT2D eigenvalue weighted by Crippen LogP contribution is 2.36. The molecule has 1 aromatic carbocycles. The second-order valence-electron chi connectivity index (χ2n) is 8.02. The van der Waals surface area contributed by atoms with Crippen molar-refractivity contribution >= 4 is 75.4 Å². The molecule has 0 fully saturated rings. The van der Waals surface area contributed by atoms with Crippen LogP contribution in [0, 0.1) is 6.92 Å². The summed E-state index contributed by atoms with van der Waals surface area (Å²) in [5.74, 6) is 1.75. The van der Waals surface area contributed by atoms with Crippen LogP contribution in [0.15, 0.2) is 48.7 Å². The number of carbonyl (C=O) groups is 1. The average molecular weight is 577 g/mol. The quantitative estimate of drug-likeness (QED) is 0.149. The largest absolute Gasteiger partial charge is 0.417 e. The predicted molar refractivity (Wildman–Crippen MR) is 147 cm³/mol. The number of H-pyrrole nitrogens is 1. The summed E-state index contributed by atoms with van der Waals surface area (Å²) in [6.07, 6.45) is -3.09. The molecular weight excluding hydrogens is 557 g/mol. The van der Waals surface area contributed by atoms with Crippen molar-refractivity contribution in [3.05, 3.63) is 64.9 Å². The molecule has 0 aliphatic carbocycles. The van der Waals surface area contributed by atoms with Crippen molar-refractivity contribution in [1.29, 1.82) is 0 Å². The molecule has 0 spiro atoms. The molecule has 202 valence electrons. The van der Waals surface area contributed by atoms with Crippen molar-refractivity contribution in [3.63, 3.8) is 0 Å². The Bertz CT molecular complexity index is 1510. The number of alkyl halides is 3. The Morgan fingerprint density at radius 2 is 1.72 bits per heavy atom. The van der Waals surface area contributed by atoms with Crippen LogP contribution in [-0.4, -0.2) is 36.2 Å². The van der Waals surface area contributed by atoms with Crippen LogP contribution in [0.5, 0.6) is 0 Å². The van der Waals surface area contributed by atoms with Crippen LogP contribution in [0.4, 0.5) is 53.8 Å². The summed E-state index contributed by atoms with van der Waals surface area (Å²) >= 11 is 10.8. The molecule has 0 atom stereocenters. The van der Waals surface area contributed by atoms with E-state index in [0.717, 1.165) is 12.1 Å². The third-order valence-corrected chi connectivity index (χ3v) is 5.32. The number of pyridine rings is 1. The molecule has 4 aromatic rings. The number of halogens is 4. The maximum absolute atomic E-state index is 13.1. The van der Waals surface area contributed by atoms with E-state index in [9.17, 15) is 18.0 Å². The Kier molecular flexibility index (Phi) is 8.11. The molecule has 3 aromatic heterocycles. The minimum atomic E-state index is -4.59. The Balaban J connectivity index is 1.37. The maximum Gasteiger partial charge on any atom is 0.417 e. The average Bonchev–Trinajstić information content (AvgIpc) is 3.26. The number of hydrogen-bond donors (Lipinski definition) is 6. The van der Waals surface area contributed by atoms with Gasteiger partial charge in [-0.3, -0.25) is 9.89 Å². The van der Waals surface area contributed by atoms with E-state index in [1.165, 1.54) is 19.2 Å². The summed E-state index contributed by atoms with van der Waals surface area (Å²) in [6, 6.07) is 10.0. The highest BCUT2D eigenvalue weighted by Gasteiger charge is 2.33. The summed E-state index contributed by atoms with van der Waals surface area (Å²) < 4.78 is 39.2.